The number of unbranched alkanes of at least 4 members (excludes halogenated alkanes) is 22. The van der Waals surface area contributed by atoms with Crippen molar-refractivity contribution in [3.8, 4) is 0 Å². The van der Waals surface area contributed by atoms with E-state index in [-0.39, 0.29) is 32.6 Å². The minimum Gasteiger partial charge on any atom is -0.462 e. The van der Waals surface area contributed by atoms with E-state index in [1.807, 2.05) is 0 Å². The highest BCUT2D eigenvalue weighted by Gasteiger charge is 2.26. The van der Waals surface area contributed by atoms with Crippen LogP contribution in [0.3, 0.4) is 0 Å². The first-order valence-corrected chi connectivity index (χ1v) is 26.3. The maximum atomic E-state index is 12.5. The molecule has 0 amide bonds. The van der Waals surface area contributed by atoms with Crippen LogP contribution in [0.15, 0.2) is 24.3 Å². The van der Waals surface area contributed by atoms with E-state index in [0.717, 1.165) is 70.6 Å². The second-order valence-electron chi connectivity index (χ2n) is 15.5. The van der Waals surface area contributed by atoms with Crippen molar-refractivity contribution < 1.29 is 66.7 Å². The number of esters is 2. The van der Waals surface area contributed by atoms with E-state index in [0.29, 0.717) is 6.42 Å². The molecule has 0 radical (unpaired) electrons. The molecular formula is C44H87NO14P2. The predicted octanol–water partition coefficient (Wildman–Crippen LogP) is 10.1. The molecule has 3 atom stereocenters. The van der Waals surface area contributed by atoms with Gasteiger partial charge in [-0.2, -0.15) is 0 Å². The molecule has 0 aliphatic carbocycles. The van der Waals surface area contributed by atoms with Gasteiger partial charge in [0.2, 0.25) is 0 Å². The summed E-state index contributed by atoms with van der Waals surface area (Å²) >= 11 is 0. The summed E-state index contributed by atoms with van der Waals surface area (Å²) in [6, 6.07) is 0. The van der Waals surface area contributed by atoms with E-state index >= 15 is 0 Å². The smallest absolute Gasteiger partial charge is 0.462 e. The molecule has 0 fully saturated rings. The van der Waals surface area contributed by atoms with Crippen LogP contribution in [0.4, 0.5) is 0 Å². The van der Waals surface area contributed by atoms with Crippen LogP contribution < -0.4 is 5.73 Å². The van der Waals surface area contributed by atoms with Gasteiger partial charge in [0.1, 0.15) is 12.7 Å². The lowest BCUT2D eigenvalue weighted by Gasteiger charge is -2.19. The van der Waals surface area contributed by atoms with Crippen LogP contribution in [0, 0.1) is 0 Å². The van der Waals surface area contributed by atoms with Gasteiger partial charge in [0.05, 0.1) is 26.4 Å². The molecular weight excluding hydrogens is 828 g/mol. The topological polar surface area (TPSA) is 242 Å². The van der Waals surface area contributed by atoms with Crippen molar-refractivity contribution in [1.29, 1.82) is 0 Å². The van der Waals surface area contributed by atoms with Gasteiger partial charge in [-0.15, -0.1) is 0 Å². The van der Waals surface area contributed by atoms with Gasteiger partial charge >= 0.3 is 27.6 Å². The van der Waals surface area contributed by atoms with Gasteiger partial charge in [-0.25, -0.2) is 9.13 Å². The first kappa shape index (κ1) is 61.6. The molecule has 0 aromatic carbocycles. The number of rotatable bonds is 43. The normalized spacial score (nSPS) is 13.8. The van der Waals surface area contributed by atoms with E-state index in [4.69, 9.17) is 44.3 Å². The Labute approximate surface area is 368 Å². The van der Waals surface area contributed by atoms with Crippen molar-refractivity contribution in [3.05, 3.63) is 24.3 Å². The summed E-state index contributed by atoms with van der Waals surface area (Å²) in [4.78, 5) is 50.9. The van der Waals surface area contributed by atoms with Crippen molar-refractivity contribution in [3.63, 3.8) is 0 Å². The van der Waals surface area contributed by atoms with Crippen molar-refractivity contribution >= 4 is 27.6 Å². The molecule has 3 unspecified atom stereocenters. The van der Waals surface area contributed by atoms with Crippen LogP contribution >= 0.6 is 15.6 Å². The maximum Gasteiger partial charge on any atom is 0.472 e. The summed E-state index contributed by atoms with van der Waals surface area (Å²) in [5, 5.41) is 16.7. The zero-order valence-corrected chi connectivity index (χ0v) is 39.7. The molecule has 17 heteroatoms. The number of ether oxygens (including phenoxy) is 2. The molecule has 0 saturated heterocycles. The Morgan fingerprint density at radius 2 is 0.967 bits per heavy atom. The number of nitrogens with two attached hydrogens (primary N) is 1. The fraction of sp³-hybridized carbons (Fsp3) is 0.864. The Balaban J connectivity index is 0. The molecule has 0 aromatic rings. The van der Waals surface area contributed by atoms with Gasteiger partial charge < -0.3 is 40.1 Å². The van der Waals surface area contributed by atoms with E-state index < -0.39 is 59.6 Å². The van der Waals surface area contributed by atoms with Crippen LogP contribution in [0.2, 0.25) is 0 Å². The third-order valence-corrected chi connectivity index (χ3v) is 10.9. The molecule has 0 saturated carbocycles. The quantitative estimate of drug-likeness (QED) is 0.0144. The van der Waals surface area contributed by atoms with Crippen LogP contribution in [0.1, 0.15) is 194 Å². The summed E-state index contributed by atoms with van der Waals surface area (Å²) in [7, 11) is -8.88. The summed E-state index contributed by atoms with van der Waals surface area (Å²) in [5.74, 6) is -0.845. The number of hydrogen-bond acceptors (Lipinski definition) is 12. The highest BCUT2D eigenvalue weighted by molar-refractivity contribution is 7.47. The largest absolute Gasteiger partial charge is 0.472 e. The summed E-state index contributed by atoms with van der Waals surface area (Å²) < 4.78 is 46.5. The van der Waals surface area contributed by atoms with Gasteiger partial charge in [0, 0.05) is 19.4 Å². The molecule has 61 heavy (non-hydrogen) atoms. The average molecular weight is 916 g/mol. The molecule has 0 aliphatic rings. The van der Waals surface area contributed by atoms with E-state index in [2.05, 4.69) is 42.7 Å². The minimum absolute atomic E-state index is 0.0518. The van der Waals surface area contributed by atoms with E-state index in [1.54, 1.807) is 0 Å². The number of aliphatic hydroxyl groups excluding tert-OH is 2. The molecule has 7 N–H and O–H groups in total. The highest BCUT2D eigenvalue weighted by atomic mass is 31.2. The fourth-order valence-corrected chi connectivity index (χ4v) is 7.05. The van der Waals surface area contributed by atoms with E-state index in [1.165, 1.54) is 89.9 Å². The van der Waals surface area contributed by atoms with Crippen LogP contribution in [0.25, 0.3) is 0 Å². The number of hydrogen-bond donors (Lipinski definition) is 6. The molecule has 0 aromatic heterocycles. The molecule has 0 aliphatic heterocycles. The third kappa shape index (κ3) is 51.0. The number of aliphatic hydroxyl groups is 2. The molecule has 0 heterocycles. The third-order valence-electron chi connectivity index (χ3n) is 9.46. The Hall–Kier alpha value is -1.48. The number of allylic oxidation sites excluding steroid dienone is 4. The first-order valence-electron chi connectivity index (χ1n) is 23.3. The Bertz CT molecular complexity index is 1150. The maximum absolute atomic E-state index is 12.5. The predicted molar refractivity (Wildman–Crippen MR) is 242 cm³/mol. The summed E-state index contributed by atoms with van der Waals surface area (Å²) in [6.07, 6.45) is 37.9. The van der Waals surface area contributed by atoms with Gasteiger partial charge in [0.15, 0.2) is 6.10 Å². The highest BCUT2D eigenvalue weighted by Crippen LogP contribution is 2.43. The van der Waals surface area contributed by atoms with Gasteiger partial charge in [-0.1, -0.05) is 141 Å². The molecule has 15 nitrogen and oxygen atoms in total. The fourth-order valence-electron chi connectivity index (χ4n) is 5.92. The lowest BCUT2D eigenvalue weighted by molar-refractivity contribution is -0.161. The Morgan fingerprint density at radius 3 is 1.38 bits per heavy atom. The van der Waals surface area contributed by atoms with Crippen molar-refractivity contribution in [2.75, 3.05) is 39.6 Å². The standard InChI is InChI=1S/C41H78NO8P.C3H9O6P/c1-3-5-7-9-11-13-15-17-19-21-23-25-27-29-31-33-40(43)47-37-39(38-49-51(45,46)48-36-35-42)50-41(44)34-32-30-28-26-24-22-20-18-16-14-12-10-8-6-4-2;4-1-3(5)2-9-10(6,7)8/h17-20,39H,3-16,21-38,42H2,1-2H3,(H,45,46);3-5H,1-2H2,(H2,6,7,8)/b19-17-,20-18-;. The molecule has 0 bridgehead atoms. The van der Waals surface area contributed by atoms with Crippen molar-refractivity contribution in [2.24, 2.45) is 5.73 Å². The average Bonchev–Trinajstić information content (AvgIpc) is 3.22. The van der Waals surface area contributed by atoms with Gasteiger partial charge in [0.25, 0.3) is 0 Å². The Morgan fingerprint density at radius 1 is 0.557 bits per heavy atom. The Kier molecular flexibility index (Phi) is 45.6. The minimum atomic E-state index is -4.50. The number of phosphoric ester groups is 2. The summed E-state index contributed by atoms with van der Waals surface area (Å²) in [6.45, 7) is 2.55. The second-order valence-corrected chi connectivity index (χ2v) is 18.2. The SMILES string of the molecule is CCCCCCCC/C=C\CCCCCCCC(=O)OCC(COP(=O)(O)OCCN)OC(=O)CCCCCCC/C=C\CCCCCCCC.O=P(O)(O)OCC(O)CO. The first-order chi connectivity index (χ1) is 29.3. The summed E-state index contributed by atoms with van der Waals surface area (Å²) in [5.41, 5.74) is 5.34. The number of phosphoric acid groups is 2. The van der Waals surface area contributed by atoms with Crippen molar-refractivity contribution in [2.45, 2.75) is 206 Å². The zero-order chi connectivity index (χ0) is 45.7. The molecule has 0 spiro atoms. The van der Waals surface area contributed by atoms with Gasteiger partial charge in [-0.05, 0) is 64.2 Å². The van der Waals surface area contributed by atoms with Crippen molar-refractivity contribution in [1.82, 2.24) is 0 Å². The lowest BCUT2D eigenvalue weighted by atomic mass is 10.1. The number of carbonyl (C=O) groups excluding carboxylic acids is 2. The van der Waals surface area contributed by atoms with Crippen LogP contribution in [-0.4, -0.2) is 88.6 Å². The zero-order valence-electron chi connectivity index (χ0n) is 37.9. The lowest BCUT2D eigenvalue weighted by Crippen LogP contribution is -2.29. The van der Waals surface area contributed by atoms with E-state index in [9.17, 15) is 23.6 Å². The monoisotopic (exact) mass is 916 g/mol. The number of carbonyl (C=O) groups is 2. The second kappa shape index (κ2) is 45.1. The van der Waals surface area contributed by atoms with Gasteiger partial charge in [-0.3, -0.25) is 23.2 Å². The van der Waals surface area contributed by atoms with Crippen LogP contribution in [-0.2, 0) is 41.8 Å². The molecule has 362 valence electrons. The van der Waals surface area contributed by atoms with Crippen LogP contribution in [0.5, 0.6) is 0 Å². The molecule has 0 rings (SSSR count).